The fraction of sp³-hybridized carbons (Fsp3) is 0.143. The number of benzene rings is 1. The summed E-state index contributed by atoms with van der Waals surface area (Å²) in [5, 5.41) is 3.24. The van der Waals surface area contributed by atoms with Gasteiger partial charge in [-0.15, -0.1) is 0 Å². The quantitative estimate of drug-likeness (QED) is 0.770. The summed E-state index contributed by atoms with van der Waals surface area (Å²) in [5.74, 6) is 0.933. The molecule has 2 nitrogen and oxygen atoms in total. The van der Waals surface area contributed by atoms with Crippen LogP contribution < -0.4 is 10.1 Å². The third-order valence-electron chi connectivity index (χ3n) is 2.96. The molecule has 16 heavy (non-hydrogen) atoms. The van der Waals surface area contributed by atoms with E-state index in [9.17, 15) is 0 Å². The van der Waals surface area contributed by atoms with Gasteiger partial charge in [0.25, 0.3) is 0 Å². The second-order valence-corrected chi connectivity index (χ2v) is 3.94. The van der Waals surface area contributed by atoms with Gasteiger partial charge in [-0.2, -0.15) is 0 Å². The summed E-state index contributed by atoms with van der Waals surface area (Å²) in [6.45, 7) is 0. The standard InChI is InChI=1S/C14H13NO/c1-15-11-7-6-10-9-16-14-5-3-2-4-12(14)13(10)8-11/h2-9,11,15H,1H3. The lowest BCUT2D eigenvalue weighted by Gasteiger charge is -2.23. The summed E-state index contributed by atoms with van der Waals surface area (Å²) in [4.78, 5) is 0. The van der Waals surface area contributed by atoms with E-state index in [1.807, 2.05) is 31.5 Å². The van der Waals surface area contributed by atoms with Crippen molar-refractivity contribution in [3.63, 3.8) is 0 Å². The van der Waals surface area contributed by atoms with Crippen molar-refractivity contribution in [2.75, 3.05) is 7.05 Å². The van der Waals surface area contributed by atoms with Gasteiger partial charge in [-0.1, -0.05) is 36.4 Å². The molecule has 0 spiro atoms. The third-order valence-corrected chi connectivity index (χ3v) is 2.96. The number of nitrogens with one attached hydrogen (secondary N) is 1. The lowest BCUT2D eigenvalue weighted by molar-refractivity contribution is 0.472. The van der Waals surface area contributed by atoms with E-state index in [2.05, 4.69) is 29.6 Å². The first-order valence-corrected chi connectivity index (χ1v) is 5.42. The molecule has 3 rings (SSSR count). The number of hydrogen-bond donors (Lipinski definition) is 1. The maximum Gasteiger partial charge on any atom is 0.134 e. The van der Waals surface area contributed by atoms with Crippen molar-refractivity contribution in [3.05, 3.63) is 59.9 Å². The van der Waals surface area contributed by atoms with Gasteiger partial charge in [0.1, 0.15) is 5.75 Å². The SMILES string of the molecule is CNC1C=CC2=COc3ccccc3C2=C1. The molecule has 0 radical (unpaired) electrons. The Morgan fingerprint density at radius 2 is 2.12 bits per heavy atom. The fourth-order valence-corrected chi connectivity index (χ4v) is 2.07. The number of ether oxygens (including phenoxy) is 1. The van der Waals surface area contributed by atoms with Crippen molar-refractivity contribution in [1.29, 1.82) is 0 Å². The van der Waals surface area contributed by atoms with Crippen molar-refractivity contribution >= 4 is 5.57 Å². The van der Waals surface area contributed by atoms with Crippen LogP contribution in [0, 0.1) is 0 Å². The third kappa shape index (κ3) is 1.39. The predicted molar refractivity (Wildman–Crippen MR) is 65.1 cm³/mol. The Bertz CT molecular complexity index is 511. The Labute approximate surface area is 94.9 Å². The molecule has 1 aromatic carbocycles. The van der Waals surface area contributed by atoms with E-state index < -0.39 is 0 Å². The molecule has 1 aliphatic heterocycles. The monoisotopic (exact) mass is 211 g/mol. The minimum Gasteiger partial charge on any atom is -0.464 e. The molecule has 0 aromatic heterocycles. The van der Waals surface area contributed by atoms with Gasteiger partial charge in [0.2, 0.25) is 0 Å². The lowest BCUT2D eigenvalue weighted by Crippen LogP contribution is -2.23. The summed E-state index contributed by atoms with van der Waals surface area (Å²) >= 11 is 0. The summed E-state index contributed by atoms with van der Waals surface area (Å²) < 4.78 is 5.59. The van der Waals surface area contributed by atoms with E-state index in [-0.39, 0.29) is 0 Å². The second-order valence-electron chi connectivity index (χ2n) is 3.94. The molecule has 0 saturated heterocycles. The van der Waals surface area contributed by atoms with Crippen LogP contribution in [0.5, 0.6) is 5.75 Å². The topological polar surface area (TPSA) is 21.3 Å². The van der Waals surface area contributed by atoms with Crippen LogP contribution in [-0.4, -0.2) is 13.1 Å². The van der Waals surface area contributed by atoms with Crippen molar-refractivity contribution < 1.29 is 4.74 Å². The first-order valence-electron chi connectivity index (χ1n) is 5.42. The molecule has 1 aliphatic carbocycles. The van der Waals surface area contributed by atoms with E-state index >= 15 is 0 Å². The molecule has 1 heterocycles. The molecule has 1 aromatic rings. The van der Waals surface area contributed by atoms with Crippen molar-refractivity contribution in [1.82, 2.24) is 5.32 Å². The van der Waals surface area contributed by atoms with E-state index in [0.29, 0.717) is 6.04 Å². The summed E-state index contributed by atoms with van der Waals surface area (Å²) in [6.07, 6.45) is 8.28. The fourth-order valence-electron chi connectivity index (χ4n) is 2.07. The Morgan fingerprint density at radius 1 is 1.25 bits per heavy atom. The zero-order valence-electron chi connectivity index (χ0n) is 9.10. The van der Waals surface area contributed by atoms with Gasteiger partial charge >= 0.3 is 0 Å². The minimum atomic E-state index is 0.304. The number of para-hydroxylation sites is 1. The normalized spacial score (nSPS) is 21.4. The average Bonchev–Trinajstić information content (AvgIpc) is 2.38. The van der Waals surface area contributed by atoms with Gasteiger partial charge < -0.3 is 10.1 Å². The van der Waals surface area contributed by atoms with Crippen LogP contribution in [0.15, 0.2) is 54.3 Å². The van der Waals surface area contributed by atoms with Gasteiger partial charge in [-0.25, -0.2) is 0 Å². The number of hydrogen-bond acceptors (Lipinski definition) is 2. The molecule has 2 aliphatic rings. The molecule has 1 unspecified atom stereocenters. The zero-order valence-corrected chi connectivity index (χ0v) is 9.10. The Balaban J connectivity index is 2.12. The highest BCUT2D eigenvalue weighted by atomic mass is 16.5. The van der Waals surface area contributed by atoms with E-state index in [1.165, 1.54) is 11.1 Å². The minimum absolute atomic E-state index is 0.304. The molecule has 1 atom stereocenters. The van der Waals surface area contributed by atoms with Gasteiger partial charge in [0.15, 0.2) is 0 Å². The maximum absolute atomic E-state index is 5.59. The predicted octanol–water partition coefficient (Wildman–Crippen LogP) is 2.50. The van der Waals surface area contributed by atoms with E-state index in [0.717, 1.165) is 11.3 Å². The molecule has 0 fully saturated rings. The van der Waals surface area contributed by atoms with Gasteiger partial charge in [-0.3, -0.25) is 0 Å². The van der Waals surface area contributed by atoms with Crippen LogP contribution in [0.3, 0.4) is 0 Å². The second kappa shape index (κ2) is 3.65. The van der Waals surface area contributed by atoms with Crippen LogP contribution in [0.4, 0.5) is 0 Å². The van der Waals surface area contributed by atoms with Crippen LogP contribution in [0.2, 0.25) is 0 Å². The molecule has 0 saturated carbocycles. The highest BCUT2D eigenvalue weighted by Crippen LogP contribution is 2.37. The Morgan fingerprint density at radius 3 is 3.00 bits per heavy atom. The largest absolute Gasteiger partial charge is 0.464 e. The Kier molecular flexibility index (Phi) is 2.15. The smallest absolute Gasteiger partial charge is 0.134 e. The van der Waals surface area contributed by atoms with Gasteiger partial charge in [0, 0.05) is 17.2 Å². The van der Waals surface area contributed by atoms with E-state index in [1.54, 1.807) is 0 Å². The summed E-state index contributed by atoms with van der Waals surface area (Å²) in [7, 11) is 1.96. The molecular formula is C14H13NO. The molecule has 2 heteroatoms. The van der Waals surface area contributed by atoms with Crippen LogP contribution in [0.25, 0.3) is 5.57 Å². The van der Waals surface area contributed by atoms with E-state index in [4.69, 9.17) is 4.74 Å². The highest BCUT2D eigenvalue weighted by molar-refractivity contribution is 5.87. The molecule has 1 N–H and O–H groups in total. The van der Waals surface area contributed by atoms with Crippen LogP contribution in [-0.2, 0) is 0 Å². The first-order chi connectivity index (χ1) is 7.88. The average molecular weight is 211 g/mol. The number of allylic oxidation sites excluding steroid dienone is 3. The highest BCUT2D eigenvalue weighted by Gasteiger charge is 2.19. The van der Waals surface area contributed by atoms with Crippen LogP contribution >= 0.6 is 0 Å². The summed E-state index contributed by atoms with van der Waals surface area (Å²) in [5.41, 5.74) is 3.57. The van der Waals surface area contributed by atoms with Gasteiger partial charge in [0.05, 0.1) is 6.26 Å². The summed E-state index contributed by atoms with van der Waals surface area (Å²) in [6, 6.07) is 8.43. The molecule has 80 valence electrons. The van der Waals surface area contributed by atoms with Crippen molar-refractivity contribution in [3.8, 4) is 5.75 Å². The van der Waals surface area contributed by atoms with Crippen molar-refractivity contribution in [2.24, 2.45) is 0 Å². The molecular weight excluding hydrogens is 198 g/mol. The number of fused-ring (bicyclic) bond motifs is 3. The van der Waals surface area contributed by atoms with Gasteiger partial charge in [-0.05, 0) is 18.7 Å². The zero-order chi connectivity index (χ0) is 11.0. The molecule has 0 amide bonds. The number of rotatable bonds is 1. The molecule has 0 bridgehead atoms. The Hall–Kier alpha value is -1.80. The van der Waals surface area contributed by atoms with Crippen molar-refractivity contribution in [2.45, 2.75) is 6.04 Å². The number of likely N-dealkylation sites (N-methyl/N-ethyl adjacent to an activating group) is 1. The lowest BCUT2D eigenvalue weighted by atomic mass is 9.90. The van der Waals surface area contributed by atoms with Crippen LogP contribution in [0.1, 0.15) is 5.56 Å². The maximum atomic E-state index is 5.59. The first kappa shape index (κ1) is 9.43.